The standard InChI is InChI=1S/C15H13N3O2S/c1-11-7-8-15(17-10-11)21(19,20)18-14-6-2-5-13-12(14)4-3-9-16-13/h2-10,18H,1H3. The summed E-state index contributed by atoms with van der Waals surface area (Å²) in [5.74, 6) is 0. The third-order valence-corrected chi connectivity index (χ3v) is 4.33. The molecule has 1 N–H and O–H groups in total. The number of benzene rings is 1. The van der Waals surface area contributed by atoms with Gasteiger partial charge in [0.25, 0.3) is 10.0 Å². The van der Waals surface area contributed by atoms with Gasteiger partial charge in [0, 0.05) is 17.8 Å². The van der Waals surface area contributed by atoms with Gasteiger partial charge in [-0.3, -0.25) is 9.71 Å². The van der Waals surface area contributed by atoms with Crippen LogP contribution in [0.25, 0.3) is 10.9 Å². The van der Waals surface area contributed by atoms with Crippen molar-refractivity contribution in [3.05, 3.63) is 60.4 Å². The lowest BCUT2D eigenvalue weighted by atomic mass is 10.2. The summed E-state index contributed by atoms with van der Waals surface area (Å²) in [4.78, 5) is 8.17. The molecule has 21 heavy (non-hydrogen) atoms. The van der Waals surface area contributed by atoms with Crippen LogP contribution in [0, 0.1) is 6.92 Å². The van der Waals surface area contributed by atoms with Gasteiger partial charge in [-0.1, -0.05) is 12.1 Å². The van der Waals surface area contributed by atoms with E-state index < -0.39 is 10.0 Å². The first kappa shape index (κ1) is 13.5. The maximum Gasteiger partial charge on any atom is 0.279 e. The first-order valence-electron chi connectivity index (χ1n) is 6.35. The average Bonchev–Trinajstić information content (AvgIpc) is 2.48. The Morgan fingerprint density at radius 2 is 1.86 bits per heavy atom. The normalized spacial score (nSPS) is 11.5. The second kappa shape index (κ2) is 5.14. The van der Waals surface area contributed by atoms with Gasteiger partial charge in [0.1, 0.15) is 0 Å². The van der Waals surface area contributed by atoms with Gasteiger partial charge in [-0.2, -0.15) is 8.42 Å². The lowest BCUT2D eigenvalue weighted by Gasteiger charge is -2.09. The summed E-state index contributed by atoms with van der Waals surface area (Å²) < 4.78 is 27.3. The summed E-state index contributed by atoms with van der Waals surface area (Å²) in [6.07, 6.45) is 3.20. The minimum atomic E-state index is -3.71. The maximum absolute atomic E-state index is 12.4. The number of aryl methyl sites for hydroxylation is 1. The number of rotatable bonds is 3. The van der Waals surface area contributed by atoms with Crippen LogP contribution in [0.3, 0.4) is 0 Å². The molecule has 0 aliphatic heterocycles. The van der Waals surface area contributed by atoms with E-state index in [0.29, 0.717) is 5.69 Å². The monoisotopic (exact) mass is 299 g/mol. The minimum Gasteiger partial charge on any atom is -0.278 e. The molecular weight excluding hydrogens is 286 g/mol. The molecule has 2 aromatic heterocycles. The van der Waals surface area contributed by atoms with E-state index in [9.17, 15) is 8.42 Å². The van der Waals surface area contributed by atoms with Crippen LogP contribution in [0.2, 0.25) is 0 Å². The molecule has 0 aliphatic carbocycles. The van der Waals surface area contributed by atoms with E-state index in [1.165, 1.54) is 12.3 Å². The molecule has 5 nitrogen and oxygen atoms in total. The predicted molar refractivity (Wildman–Crippen MR) is 81.5 cm³/mol. The number of aromatic nitrogens is 2. The van der Waals surface area contributed by atoms with E-state index in [-0.39, 0.29) is 5.03 Å². The van der Waals surface area contributed by atoms with Crippen LogP contribution in [0.15, 0.2) is 59.9 Å². The van der Waals surface area contributed by atoms with Crippen LogP contribution in [-0.4, -0.2) is 18.4 Å². The highest BCUT2D eigenvalue weighted by molar-refractivity contribution is 7.92. The van der Waals surface area contributed by atoms with Crippen LogP contribution >= 0.6 is 0 Å². The molecular formula is C15H13N3O2S. The first-order valence-corrected chi connectivity index (χ1v) is 7.84. The maximum atomic E-state index is 12.4. The number of hydrogen-bond acceptors (Lipinski definition) is 4. The van der Waals surface area contributed by atoms with Gasteiger partial charge in [0.2, 0.25) is 0 Å². The van der Waals surface area contributed by atoms with Crippen molar-refractivity contribution >= 4 is 26.6 Å². The number of nitrogens with zero attached hydrogens (tertiary/aromatic N) is 2. The molecule has 3 aromatic rings. The summed E-state index contributed by atoms with van der Waals surface area (Å²) in [5, 5.41) is 0.740. The van der Waals surface area contributed by atoms with E-state index in [2.05, 4.69) is 14.7 Å². The number of nitrogens with one attached hydrogen (secondary N) is 1. The zero-order valence-corrected chi connectivity index (χ0v) is 12.1. The Labute approximate surface area is 122 Å². The lowest BCUT2D eigenvalue weighted by Crippen LogP contribution is -2.14. The Morgan fingerprint density at radius 3 is 2.62 bits per heavy atom. The van der Waals surface area contributed by atoms with Gasteiger partial charge >= 0.3 is 0 Å². The first-order chi connectivity index (χ1) is 10.1. The van der Waals surface area contributed by atoms with Crippen LogP contribution in [0.4, 0.5) is 5.69 Å². The average molecular weight is 299 g/mol. The zero-order valence-electron chi connectivity index (χ0n) is 11.3. The van der Waals surface area contributed by atoms with Gasteiger partial charge in [0.05, 0.1) is 11.2 Å². The number of sulfonamides is 1. The molecule has 1 aromatic carbocycles. The summed E-state index contributed by atoms with van der Waals surface area (Å²) in [5.41, 5.74) is 2.13. The van der Waals surface area contributed by atoms with Crippen molar-refractivity contribution in [2.24, 2.45) is 0 Å². The fourth-order valence-corrected chi connectivity index (χ4v) is 3.01. The molecule has 0 fully saturated rings. The second-order valence-corrected chi connectivity index (χ2v) is 6.28. The van der Waals surface area contributed by atoms with Crippen molar-refractivity contribution in [3.8, 4) is 0 Å². The van der Waals surface area contributed by atoms with Crippen molar-refractivity contribution in [1.29, 1.82) is 0 Å². The third-order valence-electron chi connectivity index (χ3n) is 3.05. The van der Waals surface area contributed by atoms with Crippen molar-refractivity contribution in [2.45, 2.75) is 11.9 Å². The third kappa shape index (κ3) is 2.71. The van der Waals surface area contributed by atoms with Crippen LogP contribution in [-0.2, 0) is 10.0 Å². The fraction of sp³-hybridized carbons (Fsp3) is 0.0667. The summed E-state index contributed by atoms with van der Waals surface area (Å²) in [6, 6.07) is 12.1. The molecule has 0 amide bonds. The minimum absolute atomic E-state index is 0.00556. The molecule has 6 heteroatoms. The summed E-state index contributed by atoms with van der Waals surface area (Å²) in [7, 11) is -3.71. The molecule has 0 spiro atoms. The van der Waals surface area contributed by atoms with Crippen molar-refractivity contribution in [3.63, 3.8) is 0 Å². The highest BCUT2D eigenvalue weighted by Gasteiger charge is 2.16. The van der Waals surface area contributed by atoms with Crippen molar-refractivity contribution in [2.75, 3.05) is 4.72 Å². The molecule has 106 valence electrons. The number of pyridine rings is 2. The molecule has 0 saturated carbocycles. The largest absolute Gasteiger partial charge is 0.279 e. The van der Waals surface area contributed by atoms with Gasteiger partial charge < -0.3 is 0 Å². The lowest BCUT2D eigenvalue weighted by molar-refractivity contribution is 0.597. The van der Waals surface area contributed by atoms with Crippen molar-refractivity contribution in [1.82, 2.24) is 9.97 Å². The van der Waals surface area contributed by atoms with Crippen LogP contribution < -0.4 is 4.72 Å². The molecule has 0 bridgehead atoms. The summed E-state index contributed by atoms with van der Waals surface area (Å²) in [6.45, 7) is 1.85. The number of hydrogen-bond donors (Lipinski definition) is 1. The molecule has 0 radical (unpaired) electrons. The molecule has 0 unspecified atom stereocenters. The Hall–Kier alpha value is -2.47. The Balaban J connectivity index is 2.03. The van der Waals surface area contributed by atoms with Crippen LogP contribution in [0.1, 0.15) is 5.56 Å². The highest BCUT2D eigenvalue weighted by Crippen LogP contribution is 2.23. The molecule has 0 saturated heterocycles. The summed E-state index contributed by atoms with van der Waals surface area (Å²) >= 11 is 0. The second-order valence-electron chi connectivity index (χ2n) is 4.65. The van der Waals surface area contributed by atoms with Gasteiger partial charge in [-0.05, 0) is 42.8 Å². The van der Waals surface area contributed by atoms with Crippen molar-refractivity contribution < 1.29 is 8.42 Å². The van der Waals surface area contributed by atoms with Crippen LogP contribution in [0.5, 0.6) is 0 Å². The smallest absolute Gasteiger partial charge is 0.278 e. The number of anilines is 1. The molecule has 2 heterocycles. The quantitative estimate of drug-likeness (QED) is 0.807. The Bertz CT molecular complexity index is 885. The van der Waals surface area contributed by atoms with Gasteiger partial charge in [-0.15, -0.1) is 0 Å². The highest BCUT2D eigenvalue weighted by atomic mass is 32.2. The van der Waals surface area contributed by atoms with E-state index in [1.807, 2.05) is 19.1 Å². The number of fused-ring (bicyclic) bond motifs is 1. The topological polar surface area (TPSA) is 72.0 Å². The molecule has 0 atom stereocenters. The van der Waals surface area contributed by atoms with E-state index >= 15 is 0 Å². The molecule has 3 rings (SSSR count). The predicted octanol–water partition coefficient (Wildman–Crippen LogP) is 2.74. The SMILES string of the molecule is Cc1ccc(S(=O)(=O)Nc2cccc3ncccc23)nc1. The fourth-order valence-electron chi connectivity index (χ4n) is 2.00. The Kier molecular flexibility index (Phi) is 3.31. The van der Waals surface area contributed by atoms with Gasteiger partial charge in [-0.25, -0.2) is 4.98 Å². The van der Waals surface area contributed by atoms with Gasteiger partial charge in [0.15, 0.2) is 5.03 Å². The molecule has 0 aliphatic rings. The van der Waals surface area contributed by atoms with E-state index in [4.69, 9.17) is 0 Å². The Morgan fingerprint density at radius 1 is 1.00 bits per heavy atom. The van der Waals surface area contributed by atoms with E-state index in [1.54, 1.807) is 30.5 Å². The zero-order chi connectivity index (χ0) is 14.9. The van der Waals surface area contributed by atoms with E-state index in [0.717, 1.165) is 16.5 Å².